The molecule has 0 spiro atoms. The molecule has 0 amide bonds. The number of Topliss-reactive ketones (excluding diaryl/α,β-unsaturated/α-hetero) is 2. The molecule has 42 heavy (non-hydrogen) atoms. The molecule has 2 aliphatic carbocycles. The number of para-hydroxylation sites is 2. The van der Waals surface area contributed by atoms with Gasteiger partial charge in [-0.2, -0.15) is 0 Å². The number of rotatable bonds is 2. The maximum Gasteiger partial charge on any atom is 0.185 e. The predicted octanol–water partition coefficient (Wildman–Crippen LogP) is 6.31. The third-order valence-electron chi connectivity index (χ3n) is 8.93. The highest BCUT2D eigenvalue weighted by atomic mass is 79.9. The van der Waals surface area contributed by atoms with Crippen LogP contribution >= 0.6 is 31.9 Å². The quantitative estimate of drug-likeness (QED) is 0.256. The van der Waals surface area contributed by atoms with E-state index < -0.39 is 23.4 Å². The van der Waals surface area contributed by atoms with E-state index in [9.17, 15) is 19.8 Å². The second-order valence-corrected chi connectivity index (χ2v) is 13.0. The fourth-order valence-electron chi connectivity index (χ4n) is 6.83. The number of ketones is 2. The number of hydrogen-bond donors (Lipinski definition) is 2. The third-order valence-corrected chi connectivity index (χ3v) is 9.99. The normalized spacial score (nSPS) is 29.9. The van der Waals surface area contributed by atoms with Crippen LogP contribution in [0.25, 0.3) is 0 Å². The molecule has 6 nitrogen and oxygen atoms in total. The first-order valence-electron chi connectivity index (χ1n) is 13.8. The zero-order chi connectivity index (χ0) is 29.2. The monoisotopic (exact) mass is 688 g/mol. The molecular weight excluding hydrogens is 664 g/mol. The van der Waals surface area contributed by atoms with Gasteiger partial charge in [-0.15, -0.1) is 0 Å². The van der Waals surface area contributed by atoms with Gasteiger partial charge < -0.3 is 19.7 Å². The number of ether oxygens (including phenoxy) is 2. The molecule has 2 aliphatic heterocycles. The van der Waals surface area contributed by atoms with Crippen molar-refractivity contribution in [1.82, 2.24) is 0 Å². The van der Waals surface area contributed by atoms with Crippen LogP contribution in [0.3, 0.4) is 0 Å². The van der Waals surface area contributed by atoms with Gasteiger partial charge in [-0.05, 0) is 47.5 Å². The summed E-state index contributed by atoms with van der Waals surface area (Å²) in [6.07, 6.45) is -0.449. The summed E-state index contributed by atoms with van der Waals surface area (Å²) in [4.78, 5) is 24.9. The first kappa shape index (κ1) is 27.5. The number of fused-ring (bicyclic) bond motifs is 6. The zero-order valence-corrected chi connectivity index (χ0v) is 25.4. The smallest absolute Gasteiger partial charge is 0.185 e. The third kappa shape index (κ3) is 4.11. The lowest BCUT2D eigenvalue weighted by Gasteiger charge is -2.28. The Morgan fingerprint density at radius 2 is 0.929 bits per heavy atom. The van der Waals surface area contributed by atoms with Gasteiger partial charge in [0.25, 0.3) is 0 Å². The Kier molecular flexibility index (Phi) is 6.66. The molecular formula is C34H26Br2O6. The number of hydrogen-bond acceptors (Lipinski definition) is 6. The maximum atomic E-state index is 12.5. The van der Waals surface area contributed by atoms with Crippen LogP contribution in [0.15, 0.2) is 106 Å². The minimum absolute atomic E-state index is 0.0673. The van der Waals surface area contributed by atoms with Gasteiger partial charge in [-0.25, -0.2) is 0 Å². The van der Waals surface area contributed by atoms with Crippen molar-refractivity contribution in [3.05, 3.63) is 128 Å². The van der Waals surface area contributed by atoms with Crippen molar-refractivity contribution in [2.45, 2.75) is 48.1 Å². The largest absolute Gasteiger partial charge is 0.486 e. The van der Waals surface area contributed by atoms with Crippen LogP contribution < -0.4 is 9.47 Å². The van der Waals surface area contributed by atoms with Gasteiger partial charge in [0.15, 0.2) is 22.8 Å². The summed E-state index contributed by atoms with van der Waals surface area (Å²) in [5.74, 6) is 1.07. The Bertz CT molecular complexity index is 1580. The summed E-state index contributed by atoms with van der Waals surface area (Å²) in [6, 6.07) is 29.8. The van der Waals surface area contributed by atoms with Crippen molar-refractivity contribution in [3.8, 4) is 11.5 Å². The summed E-state index contributed by atoms with van der Waals surface area (Å²) in [5, 5.41) is 22.1. The van der Waals surface area contributed by atoms with Crippen LogP contribution in [-0.2, 0) is 20.8 Å². The molecule has 4 aromatic rings. The van der Waals surface area contributed by atoms with Gasteiger partial charge in [-0.1, -0.05) is 92.5 Å². The molecule has 212 valence electrons. The molecule has 0 unspecified atom stereocenters. The second kappa shape index (κ2) is 10.2. The number of carbonyl (C=O) groups excluding carboxylic acids is 2. The van der Waals surface area contributed by atoms with E-state index in [1.165, 1.54) is 0 Å². The lowest BCUT2D eigenvalue weighted by molar-refractivity contribution is -0.141. The van der Waals surface area contributed by atoms with Crippen LogP contribution in [-0.4, -0.2) is 34.0 Å². The van der Waals surface area contributed by atoms with E-state index in [-0.39, 0.29) is 23.4 Å². The molecule has 2 fully saturated rings. The van der Waals surface area contributed by atoms with Gasteiger partial charge >= 0.3 is 0 Å². The molecule has 0 aromatic heterocycles. The van der Waals surface area contributed by atoms with Gasteiger partial charge in [0.2, 0.25) is 0 Å². The Morgan fingerprint density at radius 1 is 0.571 bits per heavy atom. The highest BCUT2D eigenvalue weighted by Crippen LogP contribution is 2.54. The summed E-state index contributed by atoms with van der Waals surface area (Å²) in [5.41, 5.74) is 0.0918. The van der Waals surface area contributed by atoms with E-state index in [0.717, 1.165) is 31.6 Å². The number of benzene rings is 4. The van der Waals surface area contributed by atoms with Gasteiger partial charge in [0.1, 0.15) is 23.7 Å². The van der Waals surface area contributed by atoms with Crippen molar-refractivity contribution in [3.63, 3.8) is 0 Å². The van der Waals surface area contributed by atoms with Crippen LogP contribution in [0, 0.1) is 0 Å². The summed E-state index contributed by atoms with van der Waals surface area (Å²) in [6.45, 7) is 0. The molecule has 4 aliphatic rings. The standard InChI is InChI=1S/2C17H13BrO3/c2*18-11-7-5-10(6-8-11)17(20)15(19)9-13-12-3-1-2-4-14(12)21-16(13)17/h2*1-8,13,16,20H,9H2/t2*13-,16+,17-/m00/s1. The Labute approximate surface area is 259 Å². The highest BCUT2D eigenvalue weighted by molar-refractivity contribution is 9.10. The maximum absolute atomic E-state index is 12.5. The van der Waals surface area contributed by atoms with Gasteiger partial charge in [0.05, 0.1) is 0 Å². The topological polar surface area (TPSA) is 93.1 Å². The number of aliphatic hydroxyl groups is 2. The van der Waals surface area contributed by atoms with Crippen molar-refractivity contribution >= 4 is 43.4 Å². The van der Waals surface area contributed by atoms with Crippen LogP contribution in [0.5, 0.6) is 11.5 Å². The fourth-order valence-corrected chi connectivity index (χ4v) is 7.35. The first-order chi connectivity index (χ1) is 20.2. The van der Waals surface area contributed by atoms with Crippen molar-refractivity contribution in [2.24, 2.45) is 0 Å². The molecule has 8 rings (SSSR count). The first-order valence-corrected chi connectivity index (χ1v) is 15.3. The predicted molar refractivity (Wildman–Crippen MR) is 163 cm³/mol. The molecule has 2 N–H and O–H groups in total. The average Bonchev–Trinajstić information content (AvgIpc) is 3.69. The minimum Gasteiger partial charge on any atom is -0.486 e. The van der Waals surface area contributed by atoms with E-state index in [1.807, 2.05) is 72.8 Å². The molecule has 0 saturated heterocycles. The van der Waals surface area contributed by atoms with Crippen LogP contribution in [0.2, 0.25) is 0 Å². The lowest BCUT2D eigenvalue weighted by atomic mass is 9.87. The molecule has 0 radical (unpaired) electrons. The SMILES string of the molecule is O=C1C[C@H]2c3ccccc3O[C@H]2[C@]1(O)c1ccc(Br)cc1.O=C1C[C@H]2c3ccccc3O[C@H]2[C@]1(O)c1ccc(Br)cc1. The molecule has 8 heteroatoms. The lowest BCUT2D eigenvalue weighted by Crippen LogP contribution is -2.43. The van der Waals surface area contributed by atoms with E-state index in [0.29, 0.717) is 24.0 Å². The summed E-state index contributed by atoms with van der Waals surface area (Å²) < 4.78 is 13.7. The average molecular weight is 690 g/mol. The minimum atomic E-state index is -1.57. The molecule has 0 bridgehead atoms. The Hall–Kier alpha value is -3.30. The molecule has 2 saturated carbocycles. The van der Waals surface area contributed by atoms with E-state index in [2.05, 4.69) is 31.9 Å². The molecule has 4 aromatic carbocycles. The highest BCUT2D eigenvalue weighted by Gasteiger charge is 2.61. The van der Waals surface area contributed by atoms with Crippen molar-refractivity contribution < 1.29 is 29.3 Å². The number of halogens is 2. The van der Waals surface area contributed by atoms with Crippen LogP contribution in [0.4, 0.5) is 0 Å². The molecule has 6 atom stereocenters. The summed E-state index contributed by atoms with van der Waals surface area (Å²) >= 11 is 6.74. The van der Waals surface area contributed by atoms with E-state index in [1.54, 1.807) is 24.3 Å². The van der Waals surface area contributed by atoms with Crippen molar-refractivity contribution in [1.29, 1.82) is 0 Å². The zero-order valence-electron chi connectivity index (χ0n) is 22.2. The second-order valence-electron chi connectivity index (χ2n) is 11.2. The van der Waals surface area contributed by atoms with Crippen molar-refractivity contribution in [2.75, 3.05) is 0 Å². The van der Waals surface area contributed by atoms with Gasteiger partial charge in [0, 0.05) is 44.7 Å². The van der Waals surface area contributed by atoms with E-state index in [4.69, 9.17) is 9.47 Å². The Morgan fingerprint density at radius 3 is 1.31 bits per heavy atom. The molecule has 2 heterocycles. The van der Waals surface area contributed by atoms with Gasteiger partial charge in [-0.3, -0.25) is 9.59 Å². The summed E-state index contributed by atoms with van der Waals surface area (Å²) in [7, 11) is 0. The Balaban J connectivity index is 0.000000137. The van der Waals surface area contributed by atoms with E-state index >= 15 is 0 Å². The number of carbonyl (C=O) groups is 2. The fraction of sp³-hybridized carbons (Fsp3) is 0.235. The van der Waals surface area contributed by atoms with Crippen LogP contribution in [0.1, 0.15) is 46.9 Å².